The van der Waals surface area contributed by atoms with E-state index in [2.05, 4.69) is 5.32 Å². The van der Waals surface area contributed by atoms with E-state index in [1.54, 1.807) is 0 Å². The lowest BCUT2D eigenvalue weighted by Gasteiger charge is -2.28. The van der Waals surface area contributed by atoms with Gasteiger partial charge in [-0.3, -0.25) is 14.9 Å². The van der Waals surface area contributed by atoms with Gasteiger partial charge in [0.15, 0.2) is 11.5 Å². The van der Waals surface area contributed by atoms with Crippen molar-refractivity contribution in [2.24, 2.45) is 0 Å². The molecule has 2 aromatic rings. The van der Waals surface area contributed by atoms with Crippen LogP contribution in [0, 0.1) is 10.1 Å². The van der Waals surface area contributed by atoms with Crippen LogP contribution in [0.1, 0.15) is 11.1 Å². The van der Waals surface area contributed by atoms with Crippen LogP contribution >= 0.6 is 0 Å². The second-order valence-electron chi connectivity index (χ2n) is 5.89. The standard InChI is InChI=1S/C18H18N2O6/c21-17(22)8-14-15(20(23)24)6-7-16-18(14)26-13(11-25-16)10-19-9-12-4-2-1-3-5-12/h1-7,13,19H,8-11H2,(H,21,22)/t13-/m0/s1. The Morgan fingerprint density at radius 2 is 2.04 bits per heavy atom. The molecule has 2 N–H and O–H groups in total. The van der Waals surface area contributed by atoms with Gasteiger partial charge in [-0.2, -0.15) is 0 Å². The lowest BCUT2D eigenvalue weighted by molar-refractivity contribution is -0.385. The summed E-state index contributed by atoms with van der Waals surface area (Å²) < 4.78 is 11.5. The van der Waals surface area contributed by atoms with E-state index in [1.165, 1.54) is 12.1 Å². The highest BCUT2D eigenvalue weighted by Gasteiger charge is 2.30. The van der Waals surface area contributed by atoms with Crippen molar-refractivity contribution in [3.05, 3.63) is 63.7 Å². The number of nitro groups is 1. The van der Waals surface area contributed by atoms with Crippen molar-refractivity contribution in [2.45, 2.75) is 19.1 Å². The second kappa shape index (κ2) is 7.83. The number of nitrogens with one attached hydrogen (secondary N) is 1. The predicted molar refractivity (Wildman–Crippen MR) is 92.5 cm³/mol. The minimum absolute atomic E-state index is 0.0211. The first-order valence-electron chi connectivity index (χ1n) is 8.10. The van der Waals surface area contributed by atoms with E-state index >= 15 is 0 Å². The molecule has 2 aromatic carbocycles. The van der Waals surface area contributed by atoms with Crippen LogP contribution in [0.25, 0.3) is 0 Å². The molecule has 8 nitrogen and oxygen atoms in total. The zero-order valence-electron chi connectivity index (χ0n) is 13.9. The van der Waals surface area contributed by atoms with Crippen LogP contribution in [0.4, 0.5) is 5.69 Å². The summed E-state index contributed by atoms with van der Waals surface area (Å²) in [4.78, 5) is 21.7. The van der Waals surface area contributed by atoms with Gasteiger partial charge in [-0.05, 0) is 11.6 Å². The Bertz CT molecular complexity index is 809. The quantitative estimate of drug-likeness (QED) is 0.576. The number of aliphatic carboxylic acids is 1. The maximum Gasteiger partial charge on any atom is 0.308 e. The molecule has 0 unspecified atom stereocenters. The number of hydrogen-bond acceptors (Lipinski definition) is 6. The van der Waals surface area contributed by atoms with E-state index in [4.69, 9.17) is 14.6 Å². The van der Waals surface area contributed by atoms with Crippen LogP contribution in [-0.2, 0) is 17.8 Å². The van der Waals surface area contributed by atoms with Gasteiger partial charge in [0.25, 0.3) is 5.69 Å². The average molecular weight is 358 g/mol. The minimum Gasteiger partial charge on any atom is -0.486 e. The fraction of sp³-hybridized carbons (Fsp3) is 0.278. The van der Waals surface area contributed by atoms with Crippen molar-refractivity contribution in [3.63, 3.8) is 0 Å². The first-order valence-corrected chi connectivity index (χ1v) is 8.10. The highest BCUT2D eigenvalue weighted by Crippen LogP contribution is 2.40. The van der Waals surface area contributed by atoms with Gasteiger partial charge < -0.3 is 19.9 Å². The van der Waals surface area contributed by atoms with Crippen molar-refractivity contribution < 1.29 is 24.3 Å². The predicted octanol–water partition coefficient (Wildman–Crippen LogP) is 2.15. The molecule has 1 aliphatic rings. The number of nitro benzene ring substituents is 1. The van der Waals surface area contributed by atoms with Crippen LogP contribution in [-0.4, -0.2) is 35.3 Å². The molecule has 0 saturated heterocycles. The highest BCUT2D eigenvalue weighted by atomic mass is 16.6. The third kappa shape index (κ3) is 4.09. The van der Waals surface area contributed by atoms with Crippen LogP contribution in [0.3, 0.4) is 0 Å². The normalized spacial score (nSPS) is 15.5. The second-order valence-corrected chi connectivity index (χ2v) is 5.89. The Morgan fingerprint density at radius 1 is 1.27 bits per heavy atom. The zero-order valence-corrected chi connectivity index (χ0v) is 13.9. The molecule has 136 valence electrons. The zero-order chi connectivity index (χ0) is 18.5. The molecule has 3 rings (SSSR count). The van der Waals surface area contributed by atoms with Gasteiger partial charge in [-0.1, -0.05) is 30.3 Å². The fourth-order valence-electron chi connectivity index (χ4n) is 2.79. The molecule has 26 heavy (non-hydrogen) atoms. The smallest absolute Gasteiger partial charge is 0.308 e. The first-order chi connectivity index (χ1) is 12.5. The number of carboxylic acid groups (broad SMARTS) is 1. The number of hydrogen-bond donors (Lipinski definition) is 2. The molecule has 8 heteroatoms. The number of nitrogens with zero attached hydrogens (tertiary/aromatic N) is 1. The van der Waals surface area contributed by atoms with Gasteiger partial charge >= 0.3 is 5.97 Å². The first kappa shape index (κ1) is 17.7. The summed E-state index contributed by atoms with van der Waals surface area (Å²) in [5, 5.41) is 23.5. The van der Waals surface area contributed by atoms with Gasteiger partial charge in [-0.15, -0.1) is 0 Å². The Hall–Kier alpha value is -3.13. The molecule has 0 aromatic heterocycles. The topological polar surface area (TPSA) is 111 Å². The summed E-state index contributed by atoms with van der Waals surface area (Å²) in [7, 11) is 0. The van der Waals surface area contributed by atoms with E-state index in [9.17, 15) is 14.9 Å². The summed E-state index contributed by atoms with van der Waals surface area (Å²) in [6.45, 7) is 1.38. The SMILES string of the molecule is O=C(O)Cc1c([N+](=O)[O-])ccc2c1O[C@@H](CNCc1ccccc1)CO2. The molecule has 0 fully saturated rings. The number of ether oxygens (including phenoxy) is 2. The molecule has 0 radical (unpaired) electrons. The maximum atomic E-state index is 11.2. The molecular weight excluding hydrogens is 340 g/mol. The summed E-state index contributed by atoms with van der Waals surface area (Å²) >= 11 is 0. The van der Waals surface area contributed by atoms with Crippen LogP contribution in [0.15, 0.2) is 42.5 Å². The highest BCUT2D eigenvalue weighted by molar-refractivity contribution is 5.75. The lowest BCUT2D eigenvalue weighted by Crippen LogP contribution is -2.38. The van der Waals surface area contributed by atoms with Crippen LogP contribution in [0.5, 0.6) is 11.5 Å². The van der Waals surface area contributed by atoms with Gasteiger partial charge in [0.2, 0.25) is 0 Å². The van der Waals surface area contributed by atoms with E-state index in [1.807, 2.05) is 30.3 Å². The number of carbonyl (C=O) groups is 1. The fourth-order valence-corrected chi connectivity index (χ4v) is 2.79. The van der Waals surface area contributed by atoms with Crippen molar-refractivity contribution in [1.82, 2.24) is 5.32 Å². The number of carboxylic acids is 1. The molecule has 0 amide bonds. The van der Waals surface area contributed by atoms with Gasteiger partial charge in [0, 0.05) is 19.2 Å². The monoisotopic (exact) mass is 358 g/mol. The van der Waals surface area contributed by atoms with Crippen molar-refractivity contribution >= 4 is 11.7 Å². The van der Waals surface area contributed by atoms with Crippen molar-refractivity contribution in [1.29, 1.82) is 0 Å². The van der Waals surface area contributed by atoms with E-state index in [-0.39, 0.29) is 29.7 Å². The minimum atomic E-state index is -1.17. The Balaban J connectivity index is 1.72. The summed E-state index contributed by atoms with van der Waals surface area (Å²) in [5.41, 5.74) is 0.854. The van der Waals surface area contributed by atoms with E-state index in [0.717, 1.165) is 5.56 Å². The third-order valence-electron chi connectivity index (χ3n) is 3.98. The maximum absolute atomic E-state index is 11.2. The Labute approximate surface area is 149 Å². The van der Waals surface area contributed by atoms with Gasteiger partial charge in [-0.25, -0.2) is 0 Å². The van der Waals surface area contributed by atoms with Crippen molar-refractivity contribution in [3.8, 4) is 11.5 Å². The van der Waals surface area contributed by atoms with Gasteiger partial charge in [0.1, 0.15) is 12.7 Å². The molecule has 0 saturated carbocycles. The molecule has 1 aliphatic heterocycles. The largest absolute Gasteiger partial charge is 0.486 e. The number of rotatable bonds is 7. The lowest BCUT2D eigenvalue weighted by atomic mass is 10.1. The third-order valence-corrected chi connectivity index (χ3v) is 3.98. The molecule has 0 spiro atoms. The Morgan fingerprint density at radius 3 is 2.73 bits per heavy atom. The molecule has 1 heterocycles. The molecule has 1 atom stereocenters. The summed E-state index contributed by atoms with van der Waals surface area (Å²) in [5.74, 6) is -0.708. The van der Waals surface area contributed by atoms with Crippen LogP contribution in [0.2, 0.25) is 0 Å². The molecule has 0 aliphatic carbocycles. The average Bonchev–Trinajstić information content (AvgIpc) is 2.62. The Kier molecular flexibility index (Phi) is 5.33. The summed E-state index contributed by atoms with van der Waals surface area (Å²) in [6.07, 6.45) is -0.881. The van der Waals surface area contributed by atoms with Crippen molar-refractivity contribution in [2.75, 3.05) is 13.2 Å². The molecular formula is C18H18N2O6. The number of fused-ring (bicyclic) bond motifs is 1. The van der Waals surface area contributed by atoms with Crippen LogP contribution < -0.4 is 14.8 Å². The van der Waals surface area contributed by atoms with E-state index in [0.29, 0.717) is 18.8 Å². The molecule has 0 bridgehead atoms. The summed E-state index contributed by atoms with van der Waals surface area (Å²) in [6, 6.07) is 12.5. The van der Waals surface area contributed by atoms with Gasteiger partial charge in [0.05, 0.1) is 16.9 Å². The van der Waals surface area contributed by atoms with E-state index < -0.39 is 17.3 Å². The number of benzene rings is 2.